The van der Waals surface area contributed by atoms with Gasteiger partial charge in [-0.3, -0.25) is 9.11 Å². The van der Waals surface area contributed by atoms with Gasteiger partial charge < -0.3 is 30.6 Å². The summed E-state index contributed by atoms with van der Waals surface area (Å²) in [7, 11) is -10.9. The highest BCUT2D eigenvalue weighted by Gasteiger charge is 2.59. The van der Waals surface area contributed by atoms with Crippen molar-refractivity contribution in [2.24, 2.45) is 0 Å². The van der Waals surface area contributed by atoms with Crippen molar-refractivity contribution in [1.29, 1.82) is 0 Å². The molecule has 12 nitrogen and oxygen atoms in total. The molecule has 0 saturated heterocycles. The molecule has 0 aliphatic heterocycles. The van der Waals surface area contributed by atoms with Crippen molar-refractivity contribution >= 4 is 92.0 Å². The summed E-state index contributed by atoms with van der Waals surface area (Å²) in [6, 6.07) is 8.96. The maximum Gasteiger partial charge on any atom is 0.292 e. The van der Waals surface area contributed by atoms with Crippen molar-refractivity contribution in [2.45, 2.75) is 10.5 Å². The Hall–Kier alpha value is -2.84. The predicted octanol–water partition coefficient (Wildman–Crippen LogP) is 4.92. The van der Waals surface area contributed by atoms with Crippen LogP contribution in [0.15, 0.2) is 54.2 Å². The van der Waals surface area contributed by atoms with Crippen LogP contribution in [0, 0.1) is 18.8 Å². The average molecular weight is 631 g/mol. The molecular weight excluding hydrogens is 613 g/mol. The van der Waals surface area contributed by atoms with Crippen molar-refractivity contribution < 1.29 is 25.9 Å². The Bertz CT molecular complexity index is 1850. The molecule has 1 aliphatic rings. The number of hydrogen-bond donors (Lipinski definition) is 8. The molecule has 2 heterocycles. The highest BCUT2D eigenvalue weighted by atomic mass is 32.3. The summed E-state index contributed by atoms with van der Waals surface area (Å²) in [5.41, 5.74) is 0.305. The lowest BCUT2D eigenvalue weighted by molar-refractivity contribution is 0.438. The van der Waals surface area contributed by atoms with E-state index >= 15 is 0 Å². The number of aromatic amines is 4. The zero-order valence-electron chi connectivity index (χ0n) is 18.8. The van der Waals surface area contributed by atoms with E-state index in [9.17, 15) is 25.9 Å². The monoisotopic (exact) mass is 630 g/mol. The minimum Gasteiger partial charge on any atom is -0.345 e. The fraction of sp³-hybridized carbons (Fsp3) is 0.100. The lowest BCUT2D eigenvalue weighted by Crippen LogP contribution is -2.48. The molecule has 0 radical (unpaired) electrons. The number of aromatic nitrogens is 4. The topological polar surface area (TPSA) is 196 Å². The second kappa shape index (κ2) is 10.4. The molecule has 18 heteroatoms. The number of benzene rings is 1. The number of rotatable bonds is 7. The van der Waals surface area contributed by atoms with E-state index in [0.29, 0.717) is 20.9 Å². The first kappa shape index (κ1) is 28.2. The van der Waals surface area contributed by atoms with E-state index in [4.69, 9.17) is 48.9 Å². The zero-order chi connectivity index (χ0) is 27.9. The van der Waals surface area contributed by atoms with Crippen LogP contribution in [0.5, 0.6) is 0 Å². The molecule has 0 saturated carbocycles. The van der Waals surface area contributed by atoms with Crippen LogP contribution in [0.4, 0.5) is 17.3 Å². The summed E-state index contributed by atoms with van der Waals surface area (Å²) in [6.07, 6.45) is 1.75. The van der Waals surface area contributed by atoms with Gasteiger partial charge in [-0.15, -0.1) is 0 Å². The smallest absolute Gasteiger partial charge is 0.292 e. The molecule has 1 aromatic carbocycles. The molecule has 200 valence electrons. The first-order valence-corrected chi connectivity index (χ1v) is 14.9. The lowest BCUT2D eigenvalue weighted by atomic mass is 9.94. The maximum atomic E-state index is 12.7. The molecule has 0 bridgehead atoms. The molecule has 4 rings (SSSR count). The van der Waals surface area contributed by atoms with Crippen molar-refractivity contribution in [3.63, 3.8) is 0 Å². The summed E-state index contributed by atoms with van der Waals surface area (Å²) in [5.74, 6) is 0.712. The Kier molecular flexibility index (Phi) is 7.70. The Balaban J connectivity index is 1.79. The lowest BCUT2D eigenvalue weighted by Gasteiger charge is -2.33. The van der Waals surface area contributed by atoms with Gasteiger partial charge in [0, 0.05) is 35.5 Å². The molecule has 0 unspecified atom stereocenters. The second-order valence-corrected chi connectivity index (χ2v) is 13.2. The highest BCUT2D eigenvalue weighted by molar-refractivity contribution is 8.06. The van der Waals surface area contributed by atoms with Crippen LogP contribution < -0.4 is 10.6 Å². The molecule has 0 atom stereocenters. The van der Waals surface area contributed by atoms with Gasteiger partial charge in [0.05, 0.1) is 0 Å². The number of anilines is 3. The normalized spacial score (nSPS) is 15.3. The number of hydrogen-bond acceptors (Lipinski definition) is 10. The molecule has 0 fully saturated rings. The summed E-state index contributed by atoms with van der Waals surface area (Å²) >= 11 is 20.2. The van der Waals surface area contributed by atoms with E-state index < -0.39 is 30.7 Å². The van der Waals surface area contributed by atoms with Gasteiger partial charge in [0.2, 0.25) is 0 Å². The molecule has 2 aromatic heterocycles. The molecule has 38 heavy (non-hydrogen) atoms. The van der Waals surface area contributed by atoms with E-state index in [-0.39, 0.29) is 32.1 Å². The zero-order valence-corrected chi connectivity index (χ0v) is 23.7. The van der Waals surface area contributed by atoms with Gasteiger partial charge in [-0.1, -0.05) is 42.6 Å². The minimum atomic E-state index is -5.44. The molecule has 3 aromatic rings. The van der Waals surface area contributed by atoms with Gasteiger partial charge in [-0.2, -0.15) is 16.8 Å². The summed E-state index contributed by atoms with van der Waals surface area (Å²) < 4.78 is 69.0. The average Bonchev–Trinajstić information content (AvgIpc) is 2.77. The number of allylic oxidation sites excluding steroid dienone is 3. The van der Waals surface area contributed by atoms with Crippen LogP contribution in [-0.2, 0) is 20.2 Å². The Morgan fingerprint density at radius 1 is 0.737 bits per heavy atom. The third-order valence-electron chi connectivity index (χ3n) is 5.41. The van der Waals surface area contributed by atoms with E-state index in [2.05, 4.69) is 30.6 Å². The fourth-order valence-corrected chi connectivity index (χ4v) is 7.52. The SMILES string of the molecule is O=S(=O)(O)C1(S(=O)(=O)O)CC(Nc2cc(=S)[nH]c(=S)[nH]2)=CC=C1c1ccc(Nc2cc(=S)[nH]c(=S)[nH]2)cc1. The van der Waals surface area contributed by atoms with E-state index in [1.54, 1.807) is 6.07 Å². The van der Waals surface area contributed by atoms with E-state index in [1.165, 1.54) is 42.5 Å². The minimum absolute atomic E-state index is 0.0318. The van der Waals surface area contributed by atoms with Crippen LogP contribution >= 0.6 is 48.9 Å². The van der Waals surface area contributed by atoms with Gasteiger partial charge >= 0.3 is 0 Å². The number of H-pyrrole nitrogens is 4. The fourth-order valence-electron chi connectivity index (χ4n) is 3.84. The van der Waals surface area contributed by atoms with Crippen LogP contribution in [0.2, 0.25) is 0 Å². The van der Waals surface area contributed by atoms with Crippen molar-refractivity contribution in [2.75, 3.05) is 10.6 Å². The van der Waals surface area contributed by atoms with Crippen LogP contribution in [0.25, 0.3) is 5.57 Å². The Morgan fingerprint density at radius 2 is 1.24 bits per heavy atom. The van der Waals surface area contributed by atoms with Gasteiger partial charge in [0.15, 0.2) is 9.54 Å². The Morgan fingerprint density at radius 3 is 1.71 bits per heavy atom. The number of nitrogens with one attached hydrogen (secondary N) is 6. The van der Waals surface area contributed by atoms with E-state index in [0.717, 1.165) is 0 Å². The first-order valence-electron chi connectivity index (χ1n) is 10.4. The molecule has 1 aliphatic carbocycles. The standard InChI is InChI=1S/C20H18N6O6S6/c27-37(28,29)20(38(30,31)32)9-12(22-15-8-17(34)26-19(36)24-15)5-6-13(20)10-1-3-11(4-2-10)21-14-7-16(33)25-18(35)23-14/h1-8H,9H2,(H,27,28,29)(H,30,31,32)(H3,21,23,25,33,35)(H3,22,24,26,34,36). The Labute approximate surface area is 236 Å². The maximum absolute atomic E-state index is 12.7. The van der Waals surface area contributed by atoms with Gasteiger partial charge in [0.25, 0.3) is 24.3 Å². The van der Waals surface area contributed by atoms with Gasteiger partial charge in [-0.05, 0) is 48.2 Å². The third kappa shape index (κ3) is 5.76. The summed E-state index contributed by atoms with van der Waals surface area (Å²) in [6.45, 7) is 0. The molecule has 0 spiro atoms. The molecular formula is C20H18N6O6S6. The predicted molar refractivity (Wildman–Crippen MR) is 153 cm³/mol. The summed E-state index contributed by atoms with van der Waals surface area (Å²) in [5, 5.41) is 5.83. The second-order valence-electron chi connectivity index (χ2n) is 7.98. The van der Waals surface area contributed by atoms with Crippen LogP contribution in [-0.4, -0.2) is 50.0 Å². The van der Waals surface area contributed by atoms with E-state index in [1.807, 2.05) is 0 Å². The first-order chi connectivity index (χ1) is 17.7. The third-order valence-corrected chi connectivity index (χ3v) is 9.92. The highest BCUT2D eigenvalue weighted by Crippen LogP contribution is 2.45. The van der Waals surface area contributed by atoms with Crippen molar-refractivity contribution in [1.82, 2.24) is 19.9 Å². The molecule has 0 amide bonds. The largest absolute Gasteiger partial charge is 0.345 e. The van der Waals surface area contributed by atoms with Crippen molar-refractivity contribution in [3.8, 4) is 0 Å². The quantitative estimate of drug-likeness (QED) is 0.130. The van der Waals surface area contributed by atoms with Crippen LogP contribution in [0.1, 0.15) is 12.0 Å². The van der Waals surface area contributed by atoms with Gasteiger partial charge in [-0.25, -0.2) is 0 Å². The molecule has 8 N–H and O–H groups in total. The van der Waals surface area contributed by atoms with Gasteiger partial charge in [0.1, 0.15) is 20.9 Å². The van der Waals surface area contributed by atoms with Crippen molar-refractivity contribution in [3.05, 3.63) is 78.6 Å². The summed E-state index contributed by atoms with van der Waals surface area (Å²) in [4.78, 5) is 11.0. The van der Waals surface area contributed by atoms with Crippen LogP contribution in [0.3, 0.4) is 0 Å².